The number of benzene rings is 4. The van der Waals surface area contributed by atoms with Crippen molar-refractivity contribution in [2.24, 2.45) is 0 Å². The fourth-order valence-electron chi connectivity index (χ4n) is 4.00. The molecular weight excluding hydrogens is 465 g/mol. The fourth-order valence-corrected chi connectivity index (χ4v) is 5.22. The largest absolute Gasteiger partial charge is 4.00 e. The smallest absolute Gasteiger partial charge is 1.00 e. The van der Waals surface area contributed by atoms with Crippen LogP contribution in [0.2, 0.25) is 0 Å². The Bertz CT molecular complexity index is 1360. The van der Waals surface area contributed by atoms with E-state index in [4.69, 9.17) is 0 Å². The molecule has 162 valence electrons. The fraction of sp³-hybridized carbons (Fsp3) is 0.0345. The summed E-state index contributed by atoms with van der Waals surface area (Å²) in [5.41, 5.74) is 1.39. The van der Waals surface area contributed by atoms with Crippen molar-refractivity contribution < 1.29 is 31.1 Å². The molecule has 0 heterocycles. The number of hydrogen-bond donors (Lipinski definition) is 0. The quantitative estimate of drug-likeness (QED) is 0.196. The number of halogens is 2. The molecule has 6 aromatic rings. The number of fused-ring (bicyclic) bond motifs is 4. The van der Waals surface area contributed by atoms with Gasteiger partial charge in [0, 0.05) is 0 Å². The summed E-state index contributed by atoms with van der Waals surface area (Å²) in [6.45, 7) is 2.19. The first-order chi connectivity index (χ1) is 14.8. The van der Waals surface area contributed by atoms with Crippen molar-refractivity contribution in [3.8, 4) is 0 Å². The number of aryl methyl sites for hydroxylation is 1. The molecule has 0 saturated heterocycles. The van der Waals surface area contributed by atoms with E-state index in [9.17, 15) is 0 Å². The first-order valence-corrected chi connectivity index (χ1v) is 11.3. The van der Waals surface area contributed by atoms with Crippen molar-refractivity contribution in [2.45, 2.75) is 6.92 Å². The predicted molar refractivity (Wildman–Crippen MR) is 135 cm³/mol. The van der Waals surface area contributed by atoms with Crippen LogP contribution in [-0.2, 0) is 21.7 Å². The minimum absolute atomic E-state index is 0. The standard InChI is InChI=1S/C16H14P.C13H9.2FH.Ti/c1-12-6-2-5-9-16(12)17-15-10-13-7-3-4-8-14(13)11-15;1-3-7-12-10(5-1)9-11-6-2-4-8-13(11)12;;;/h2-11,17H,1H3;1-9H;2*1H;/q2*-1;;;+4/p-2. The van der Waals surface area contributed by atoms with E-state index in [0.29, 0.717) is 0 Å². The molecule has 0 saturated carbocycles. The Hall–Kier alpha value is -2.64. The second-order valence-corrected chi connectivity index (χ2v) is 9.00. The Balaban J connectivity index is 0.000000220. The maximum atomic E-state index is 2.31. The minimum atomic E-state index is 0. The topological polar surface area (TPSA) is 0 Å². The molecular formula is C29H23F2PTi. The van der Waals surface area contributed by atoms with Gasteiger partial charge in [0.1, 0.15) is 0 Å². The van der Waals surface area contributed by atoms with Gasteiger partial charge in [-0.2, -0.15) is 6.07 Å². The Morgan fingerprint density at radius 2 is 1.09 bits per heavy atom. The third kappa shape index (κ3) is 5.84. The zero-order valence-corrected chi connectivity index (χ0v) is 20.8. The Morgan fingerprint density at radius 3 is 1.70 bits per heavy atom. The van der Waals surface area contributed by atoms with E-state index in [0.717, 1.165) is 8.58 Å². The van der Waals surface area contributed by atoms with Gasteiger partial charge in [-0.1, -0.05) is 75.3 Å². The van der Waals surface area contributed by atoms with Gasteiger partial charge < -0.3 is 9.41 Å². The zero-order valence-electron chi connectivity index (χ0n) is 18.2. The van der Waals surface area contributed by atoms with Crippen molar-refractivity contribution in [3.05, 3.63) is 121 Å². The average Bonchev–Trinajstić information content (AvgIpc) is 3.36. The monoisotopic (exact) mass is 488 g/mol. The van der Waals surface area contributed by atoms with Crippen LogP contribution in [0.5, 0.6) is 0 Å². The Morgan fingerprint density at radius 1 is 0.576 bits per heavy atom. The zero-order chi connectivity index (χ0) is 20.3. The molecule has 0 fully saturated rings. The van der Waals surface area contributed by atoms with E-state index in [1.807, 2.05) is 0 Å². The van der Waals surface area contributed by atoms with E-state index in [-0.39, 0.29) is 31.1 Å². The van der Waals surface area contributed by atoms with Gasteiger partial charge in [-0.25, -0.2) is 0 Å². The summed E-state index contributed by atoms with van der Waals surface area (Å²) in [7, 11) is 0.759. The van der Waals surface area contributed by atoms with E-state index >= 15 is 0 Å². The maximum absolute atomic E-state index is 2.31. The summed E-state index contributed by atoms with van der Waals surface area (Å²) >= 11 is 0. The SMILES string of the molecule is Cc1ccccc1Pc1cc2ccccc2[cH-]1.[F-].[F-].[Ti+4].c1ccc2c(c1)[cH-]c1ccccc12. The van der Waals surface area contributed by atoms with Gasteiger partial charge in [-0.05, 0) is 17.8 Å². The van der Waals surface area contributed by atoms with Crippen molar-refractivity contribution >= 4 is 51.5 Å². The van der Waals surface area contributed by atoms with Gasteiger partial charge >= 0.3 is 21.7 Å². The van der Waals surface area contributed by atoms with E-state index in [1.165, 1.54) is 48.5 Å². The van der Waals surface area contributed by atoms with Gasteiger partial charge in [0.2, 0.25) is 0 Å². The van der Waals surface area contributed by atoms with Gasteiger partial charge in [0.25, 0.3) is 0 Å². The Kier molecular flexibility index (Phi) is 9.68. The molecule has 6 rings (SSSR count). The molecule has 0 bridgehead atoms. The second kappa shape index (κ2) is 12.0. The van der Waals surface area contributed by atoms with Crippen molar-refractivity contribution in [2.75, 3.05) is 0 Å². The predicted octanol–water partition coefficient (Wildman–Crippen LogP) is 1.21. The maximum Gasteiger partial charge on any atom is 4.00 e. The number of rotatable bonds is 2. The molecule has 0 radical (unpaired) electrons. The summed E-state index contributed by atoms with van der Waals surface area (Å²) in [6.07, 6.45) is 0. The average molecular weight is 488 g/mol. The van der Waals surface area contributed by atoms with Gasteiger partial charge in [-0.15, -0.1) is 80.1 Å². The third-order valence-electron chi connectivity index (χ3n) is 5.56. The molecule has 0 aromatic heterocycles. The molecule has 6 aromatic carbocycles. The van der Waals surface area contributed by atoms with Gasteiger partial charge in [-0.3, -0.25) is 0 Å². The molecule has 0 amide bonds. The van der Waals surface area contributed by atoms with Crippen LogP contribution in [0.15, 0.2) is 115 Å². The molecule has 1 unspecified atom stereocenters. The molecule has 0 spiro atoms. The molecule has 0 nitrogen and oxygen atoms in total. The summed E-state index contributed by atoms with van der Waals surface area (Å²) in [5, 5.41) is 11.0. The van der Waals surface area contributed by atoms with Gasteiger partial charge in [0.15, 0.2) is 0 Å². The van der Waals surface area contributed by atoms with Crippen LogP contribution >= 0.6 is 8.58 Å². The molecule has 0 N–H and O–H groups in total. The second-order valence-electron chi connectivity index (χ2n) is 7.63. The van der Waals surface area contributed by atoms with E-state index < -0.39 is 0 Å². The van der Waals surface area contributed by atoms with Crippen molar-refractivity contribution in [1.82, 2.24) is 0 Å². The van der Waals surface area contributed by atoms with Gasteiger partial charge in [0.05, 0.1) is 0 Å². The number of hydrogen-bond acceptors (Lipinski definition) is 0. The summed E-state index contributed by atoms with van der Waals surface area (Å²) in [6, 6.07) is 41.1. The summed E-state index contributed by atoms with van der Waals surface area (Å²) < 4.78 is 0. The normalized spacial score (nSPS) is 10.3. The molecule has 0 aliphatic rings. The van der Waals surface area contributed by atoms with Crippen LogP contribution < -0.4 is 20.0 Å². The molecule has 0 aliphatic heterocycles. The van der Waals surface area contributed by atoms with Crippen LogP contribution in [0, 0.1) is 6.92 Å². The molecule has 4 heteroatoms. The van der Waals surface area contributed by atoms with Crippen LogP contribution in [0.4, 0.5) is 0 Å². The minimum Gasteiger partial charge on any atom is -1.00 e. The van der Waals surface area contributed by atoms with E-state index in [1.54, 1.807) is 0 Å². The summed E-state index contributed by atoms with van der Waals surface area (Å²) in [5.74, 6) is 0. The summed E-state index contributed by atoms with van der Waals surface area (Å²) in [4.78, 5) is 0. The van der Waals surface area contributed by atoms with Crippen LogP contribution in [0.1, 0.15) is 5.56 Å². The van der Waals surface area contributed by atoms with Crippen LogP contribution in [0.3, 0.4) is 0 Å². The third-order valence-corrected chi connectivity index (χ3v) is 6.97. The molecule has 0 aliphatic carbocycles. The van der Waals surface area contributed by atoms with Crippen molar-refractivity contribution in [1.29, 1.82) is 0 Å². The molecule has 1 atom stereocenters. The Labute approximate surface area is 209 Å². The van der Waals surface area contributed by atoms with Crippen LogP contribution in [-0.4, -0.2) is 0 Å². The first kappa shape index (κ1) is 26.6. The van der Waals surface area contributed by atoms with E-state index in [2.05, 4.69) is 122 Å². The van der Waals surface area contributed by atoms with Crippen LogP contribution in [0.25, 0.3) is 32.3 Å². The molecule has 33 heavy (non-hydrogen) atoms. The first-order valence-electron chi connectivity index (χ1n) is 10.3. The van der Waals surface area contributed by atoms with Crippen molar-refractivity contribution in [3.63, 3.8) is 0 Å².